The van der Waals surface area contributed by atoms with Crippen LogP contribution in [0, 0.1) is 6.92 Å². The molecule has 1 aromatic carbocycles. The first-order chi connectivity index (χ1) is 7.16. The molecule has 0 unspecified atom stereocenters. The molecule has 0 saturated carbocycles. The molecule has 0 aromatic heterocycles. The average molecular weight is 204 g/mol. The first-order valence-corrected chi connectivity index (χ1v) is 4.82. The van der Waals surface area contributed by atoms with Gasteiger partial charge in [-0.15, -0.1) is 0 Å². The summed E-state index contributed by atoms with van der Waals surface area (Å²) in [7, 11) is 0. The topological polar surface area (TPSA) is 61.7 Å². The van der Waals surface area contributed by atoms with E-state index in [2.05, 4.69) is 10.5 Å². The maximum absolute atomic E-state index is 10.9. The third kappa shape index (κ3) is 1.98. The molecule has 0 bridgehead atoms. The molecular weight excluding hydrogens is 192 g/mol. The highest BCUT2D eigenvalue weighted by molar-refractivity contribution is 6.04. The molecule has 1 aliphatic heterocycles. The van der Waals surface area contributed by atoms with Gasteiger partial charge >= 0.3 is 0 Å². The number of rotatable bonds is 1. The number of carbonyl (C=O) groups is 1. The predicted molar refractivity (Wildman–Crippen MR) is 56.8 cm³/mol. The van der Waals surface area contributed by atoms with E-state index in [1.165, 1.54) is 0 Å². The van der Waals surface area contributed by atoms with Crippen LogP contribution in [0.2, 0.25) is 0 Å². The average Bonchev–Trinajstić information content (AvgIpc) is 2.23. The Morgan fingerprint density at radius 2 is 2.20 bits per heavy atom. The van der Waals surface area contributed by atoms with Crippen LogP contribution in [0.15, 0.2) is 23.3 Å². The summed E-state index contributed by atoms with van der Waals surface area (Å²) in [4.78, 5) is 10.9. The molecule has 0 aliphatic carbocycles. The monoisotopic (exact) mass is 204 g/mol. The lowest BCUT2D eigenvalue weighted by molar-refractivity contribution is -0.121. The zero-order chi connectivity index (χ0) is 10.8. The normalized spacial score (nSPS) is 15.8. The Balaban J connectivity index is 2.30. The van der Waals surface area contributed by atoms with E-state index in [0.29, 0.717) is 12.8 Å². The lowest BCUT2D eigenvalue weighted by Crippen LogP contribution is -2.25. The van der Waals surface area contributed by atoms with Crippen molar-refractivity contribution in [3.63, 3.8) is 0 Å². The number of amides is 1. The molecule has 0 atom stereocenters. The van der Waals surface area contributed by atoms with Crippen molar-refractivity contribution >= 4 is 11.6 Å². The van der Waals surface area contributed by atoms with Crippen LogP contribution in [0.25, 0.3) is 0 Å². The Morgan fingerprint density at radius 3 is 2.80 bits per heavy atom. The Kier molecular flexibility index (Phi) is 2.41. The summed E-state index contributed by atoms with van der Waals surface area (Å²) in [6.45, 7) is 1.84. The lowest BCUT2D eigenvalue weighted by atomic mass is 10.0. The van der Waals surface area contributed by atoms with Crippen LogP contribution >= 0.6 is 0 Å². The van der Waals surface area contributed by atoms with Crippen LogP contribution in [0.3, 0.4) is 0 Å². The van der Waals surface area contributed by atoms with Crippen molar-refractivity contribution in [3.8, 4) is 5.75 Å². The molecule has 4 heteroatoms. The van der Waals surface area contributed by atoms with Gasteiger partial charge < -0.3 is 5.11 Å². The summed E-state index contributed by atoms with van der Waals surface area (Å²) in [5.74, 6) is 0.196. The van der Waals surface area contributed by atoms with Crippen LogP contribution < -0.4 is 5.43 Å². The molecule has 0 radical (unpaired) electrons. The standard InChI is InChI=1S/C11H12N2O2/c1-7-2-3-8(6-10(7)14)9-4-5-11(15)13-12-9/h2-3,6,14H,4-5H2,1H3,(H,13,15). The van der Waals surface area contributed by atoms with Crippen molar-refractivity contribution in [2.75, 3.05) is 0 Å². The molecule has 0 spiro atoms. The molecule has 15 heavy (non-hydrogen) atoms. The summed E-state index contributed by atoms with van der Waals surface area (Å²) in [6.07, 6.45) is 1.07. The van der Waals surface area contributed by atoms with Crippen molar-refractivity contribution in [2.45, 2.75) is 19.8 Å². The second-order valence-corrected chi connectivity index (χ2v) is 3.59. The number of carbonyl (C=O) groups excluding carboxylic acids is 1. The number of aryl methyl sites for hydroxylation is 1. The van der Waals surface area contributed by atoms with Gasteiger partial charge in [0.25, 0.3) is 0 Å². The Bertz CT molecular complexity index is 438. The van der Waals surface area contributed by atoms with Crippen molar-refractivity contribution in [1.29, 1.82) is 0 Å². The van der Waals surface area contributed by atoms with Gasteiger partial charge in [0.2, 0.25) is 5.91 Å². The van der Waals surface area contributed by atoms with Gasteiger partial charge in [-0.3, -0.25) is 4.79 Å². The Labute approximate surface area is 87.6 Å². The van der Waals surface area contributed by atoms with Gasteiger partial charge in [0.05, 0.1) is 5.71 Å². The number of phenolic OH excluding ortho intramolecular Hbond substituents is 1. The van der Waals surface area contributed by atoms with E-state index in [0.717, 1.165) is 16.8 Å². The van der Waals surface area contributed by atoms with Gasteiger partial charge in [0.15, 0.2) is 0 Å². The van der Waals surface area contributed by atoms with Crippen LogP contribution in [-0.2, 0) is 4.79 Å². The Hall–Kier alpha value is -1.84. The minimum absolute atomic E-state index is 0.0601. The van der Waals surface area contributed by atoms with E-state index < -0.39 is 0 Å². The second kappa shape index (κ2) is 3.73. The number of hydrazone groups is 1. The van der Waals surface area contributed by atoms with Crippen LogP contribution in [0.4, 0.5) is 0 Å². The van der Waals surface area contributed by atoms with E-state index in [-0.39, 0.29) is 11.7 Å². The molecule has 1 amide bonds. The summed E-state index contributed by atoms with van der Waals surface area (Å²) in [6, 6.07) is 5.40. The number of nitrogens with zero attached hydrogens (tertiary/aromatic N) is 1. The maximum Gasteiger partial charge on any atom is 0.240 e. The highest BCUT2D eigenvalue weighted by Gasteiger charge is 2.13. The molecule has 2 N–H and O–H groups in total. The molecule has 78 valence electrons. The minimum atomic E-state index is -0.0601. The van der Waals surface area contributed by atoms with E-state index in [4.69, 9.17) is 0 Å². The zero-order valence-electron chi connectivity index (χ0n) is 8.45. The van der Waals surface area contributed by atoms with Crippen LogP contribution in [-0.4, -0.2) is 16.7 Å². The fourth-order valence-corrected chi connectivity index (χ4v) is 1.47. The number of hydrogen-bond donors (Lipinski definition) is 2. The summed E-state index contributed by atoms with van der Waals surface area (Å²) in [5.41, 5.74) is 4.93. The van der Waals surface area contributed by atoms with E-state index in [1.54, 1.807) is 6.07 Å². The van der Waals surface area contributed by atoms with Crippen LogP contribution in [0.5, 0.6) is 5.75 Å². The summed E-state index contributed by atoms with van der Waals surface area (Å²) < 4.78 is 0. The van der Waals surface area contributed by atoms with Gasteiger partial charge in [0.1, 0.15) is 5.75 Å². The zero-order valence-corrected chi connectivity index (χ0v) is 8.45. The van der Waals surface area contributed by atoms with Gasteiger partial charge in [-0.1, -0.05) is 12.1 Å². The first-order valence-electron chi connectivity index (χ1n) is 4.82. The third-order valence-electron chi connectivity index (χ3n) is 2.45. The number of phenols is 1. The minimum Gasteiger partial charge on any atom is -0.508 e. The molecule has 0 fully saturated rings. The molecule has 2 rings (SSSR count). The summed E-state index contributed by atoms with van der Waals surface area (Å²) in [5, 5.41) is 13.5. The molecule has 1 heterocycles. The lowest BCUT2D eigenvalue weighted by Gasteiger charge is -2.12. The van der Waals surface area contributed by atoms with Gasteiger partial charge in [-0.25, -0.2) is 5.43 Å². The fourth-order valence-electron chi connectivity index (χ4n) is 1.47. The summed E-state index contributed by atoms with van der Waals surface area (Å²) >= 11 is 0. The SMILES string of the molecule is Cc1ccc(C2=NNC(=O)CC2)cc1O. The van der Waals surface area contributed by atoms with Gasteiger partial charge in [0, 0.05) is 18.4 Å². The maximum atomic E-state index is 10.9. The van der Waals surface area contributed by atoms with Crippen molar-refractivity contribution in [2.24, 2.45) is 5.10 Å². The molecular formula is C11H12N2O2. The first kappa shape index (κ1) is 9.71. The second-order valence-electron chi connectivity index (χ2n) is 3.59. The highest BCUT2D eigenvalue weighted by Crippen LogP contribution is 2.19. The number of nitrogens with one attached hydrogen (secondary N) is 1. The molecule has 4 nitrogen and oxygen atoms in total. The molecule has 1 aromatic rings. The third-order valence-corrected chi connectivity index (χ3v) is 2.45. The predicted octanol–water partition coefficient (Wildman–Crippen LogP) is 1.31. The fraction of sp³-hybridized carbons (Fsp3) is 0.273. The molecule has 1 aliphatic rings. The van der Waals surface area contributed by atoms with Crippen LogP contribution in [0.1, 0.15) is 24.0 Å². The smallest absolute Gasteiger partial charge is 0.240 e. The number of aromatic hydroxyl groups is 1. The van der Waals surface area contributed by atoms with Crippen molar-refractivity contribution in [3.05, 3.63) is 29.3 Å². The number of hydrogen-bond acceptors (Lipinski definition) is 3. The largest absolute Gasteiger partial charge is 0.508 e. The van der Waals surface area contributed by atoms with E-state index in [9.17, 15) is 9.90 Å². The van der Waals surface area contributed by atoms with E-state index >= 15 is 0 Å². The number of benzene rings is 1. The molecule has 0 saturated heterocycles. The van der Waals surface area contributed by atoms with E-state index in [1.807, 2.05) is 19.1 Å². The van der Waals surface area contributed by atoms with Crippen molar-refractivity contribution in [1.82, 2.24) is 5.43 Å². The van der Waals surface area contributed by atoms with Crippen molar-refractivity contribution < 1.29 is 9.90 Å². The quantitative estimate of drug-likeness (QED) is 0.724. The van der Waals surface area contributed by atoms with Gasteiger partial charge in [-0.05, 0) is 18.6 Å². The van der Waals surface area contributed by atoms with Gasteiger partial charge in [-0.2, -0.15) is 5.10 Å². The Morgan fingerprint density at radius 1 is 1.40 bits per heavy atom. The highest BCUT2D eigenvalue weighted by atomic mass is 16.3.